The molecule has 0 aliphatic carbocycles. The number of fused-ring (bicyclic) bond motifs is 3. The third-order valence-electron chi connectivity index (χ3n) is 4.86. The molecule has 5 heteroatoms. The molecule has 2 aromatic carbocycles. The summed E-state index contributed by atoms with van der Waals surface area (Å²) in [5.74, 6) is 0. The van der Waals surface area contributed by atoms with Crippen molar-refractivity contribution in [3.63, 3.8) is 0 Å². The Morgan fingerprint density at radius 1 is 0.758 bits per heavy atom. The summed E-state index contributed by atoms with van der Waals surface area (Å²) in [4.78, 5) is 13.0. The molecule has 6 rings (SSSR count). The average molecular weight is 672 g/mol. The van der Waals surface area contributed by atoms with Gasteiger partial charge < -0.3 is 4.98 Å². The van der Waals surface area contributed by atoms with Gasteiger partial charge in [-0.25, -0.2) is 0 Å². The Bertz CT molecular complexity index is 1570. The van der Waals surface area contributed by atoms with Crippen LogP contribution in [0.15, 0.2) is 97.5 Å². The maximum absolute atomic E-state index is 7.23. The first kappa shape index (κ1) is 19.5. The van der Waals surface area contributed by atoms with Crippen molar-refractivity contribution < 1.29 is 24.2 Å². The second-order valence-corrected chi connectivity index (χ2v) is 9.28. The van der Waals surface area contributed by atoms with Gasteiger partial charge in [-0.3, -0.25) is 0 Å². The van der Waals surface area contributed by atoms with Crippen LogP contribution in [0.25, 0.3) is 41.9 Å². The third-order valence-corrected chi connectivity index (χ3v) is 7.21. The summed E-state index contributed by atoms with van der Waals surface area (Å²) >= 11 is 0.380. The second kappa shape index (κ2) is 10.8. The van der Waals surface area contributed by atoms with Crippen LogP contribution in [0.4, 0.5) is 0 Å². The van der Waals surface area contributed by atoms with Gasteiger partial charge in [-0.2, -0.15) is 0 Å². The number of pyridine rings is 3. The van der Waals surface area contributed by atoms with Crippen molar-refractivity contribution in [3.8, 4) is 22.6 Å². The monoisotopic (exact) mass is 673 g/mol. The van der Waals surface area contributed by atoms with Gasteiger partial charge in [0.25, 0.3) is 0 Å². The van der Waals surface area contributed by atoms with Crippen molar-refractivity contribution in [3.05, 3.63) is 115 Å². The summed E-state index contributed by atoms with van der Waals surface area (Å²) in [6.07, 6.45) is 5.16. The number of aromatic nitrogens is 3. The Morgan fingerprint density at radius 2 is 1.61 bits per heavy atom. The van der Waals surface area contributed by atoms with Crippen LogP contribution in [0.1, 0.15) is 9.68 Å². The molecule has 1 radical (unpaired) electrons. The zero-order valence-corrected chi connectivity index (χ0v) is 21.4. The van der Waals surface area contributed by atoms with E-state index in [0.717, 1.165) is 22.6 Å². The third kappa shape index (κ3) is 5.35. The van der Waals surface area contributed by atoms with Crippen LogP contribution in [-0.4, -0.2) is 29.5 Å². The molecule has 6 aromatic rings. The van der Waals surface area contributed by atoms with E-state index in [4.69, 9.17) is 4.11 Å². The number of nitrogens with zero attached hydrogens (tertiary/aromatic N) is 3. The molecule has 4 heterocycles. The number of aryl methyl sites for hydroxylation is 1. The number of hydrogen-bond acceptors (Lipinski definition) is 3. The van der Waals surface area contributed by atoms with Crippen molar-refractivity contribution in [1.29, 1.82) is 0 Å². The first-order valence-corrected chi connectivity index (χ1v) is 11.7. The molecule has 0 bridgehead atoms. The topological polar surface area (TPSA) is 38.7 Å². The van der Waals surface area contributed by atoms with E-state index in [0.29, 0.717) is 14.5 Å². The molecule has 0 atom stereocenters. The zero-order valence-electron chi connectivity index (χ0n) is 20.3. The molecule has 4 aromatic heterocycles. The van der Waals surface area contributed by atoms with E-state index < -0.39 is 6.85 Å². The maximum atomic E-state index is 7.23. The normalized spacial score (nSPS) is 12.1. The van der Waals surface area contributed by atoms with Gasteiger partial charge in [0.15, 0.2) is 0 Å². The molecule has 0 saturated heterocycles. The van der Waals surface area contributed by atoms with Gasteiger partial charge in [0.2, 0.25) is 0 Å². The van der Waals surface area contributed by atoms with Gasteiger partial charge >= 0.3 is 116 Å². The van der Waals surface area contributed by atoms with Gasteiger partial charge in [-0.15, -0.1) is 35.9 Å². The molecule has 33 heavy (non-hydrogen) atoms. The summed E-state index contributed by atoms with van der Waals surface area (Å²) in [5, 5.41) is 2.65. The van der Waals surface area contributed by atoms with Gasteiger partial charge in [0.1, 0.15) is 0 Å². The second-order valence-electron chi connectivity index (χ2n) is 7.00. The van der Waals surface area contributed by atoms with Crippen molar-refractivity contribution >= 4 is 33.8 Å². The summed E-state index contributed by atoms with van der Waals surface area (Å²) in [6.45, 7) is -2.09. The van der Waals surface area contributed by atoms with Gasteiger partial charge in [-0.1, -0.05) is 12.1 Å². The fourth-order valence-corrected chi connectivity index (χ4v) is 5.55. The van der Waals surface area contributed by atoms with E-state index in [-0.39, 0.29) is 25.7 Å². The van der Waals surface area contributed by atoms with Crippen LogP contribution < -0.4 is 0 Å². The van der Waals surface area contributed by atoms with Crippen LogP contribution in [0.2, 0.25) is 0 Å². The van der Waals surface area contributed by atoms with Gasteiger partial charge in [-0.05, 0) is 18.1 Å². The van der Waals surface area contributed by atoms with Crippen LogP contribution in [0.5, 0.6) is 0 Å². The quantitative estimate of drug-likeness (QED) is 0.164. The molecule has 0 amide bonds. The first-order chi connectivity index (χ1) is 17.0. The van der Waals surface area contributed by atoms with Crippen molar-refractivity contribution in [1.82, 2.24) is 15.0 Å². The number of rotatable bonds is 2. The zero-order chi connectivity index (χ0) is 24.3. The Kier molecular flexibility index (Phi) is 6.38. The molecule has 0 unspecified atom stereocenters. The average Bonchev–Trinajstić information content (AvgIpc) is 3.28. The van der Waals surface area contributed by atoms with Crippen LogP contribution >= 0.6 is 0 Å². The Hall–Kier alpha value is -2.94. The molecule has 0 aliphatic heterocycles. The molecule has 0 saturated carbocycles. The molecular formula is C28H19IrN3Se-2. The van der Waals surface area contributed by atoms with E-state index in [9.17, 15) is 0 Å². The summed E-state index contributed by atoms with van der Waals surface area (Å²) in [5.41, 5.74) is 3.55. The Labute approximate surface area is 216 Å². The number of benzene rings is 2. The van der Waals surface area contributed by atoms with E-state index in [1.807, 2.05) is 36.5 Å². The summed E-state index contributed by atoms with van der Waals surface area (Å²) < 4.78 is 24.5. The van der Waals surface area contributed by atoms with Crippen LogP contribution in [0.3, 0.4) is 0 Å². The van der Waals surface area contributed by atoms with Crippen LogP contribution in [0, 0.1) is 19.0 Å². The molecular weight excluding hydrogens is 650 g/mol. The van der Waals surface area contributed by atoms with E-state index in [1.54, 1.807) is 24.4 Å². The fourth-order valence-electron chi connectivity index (χ4n) is 3.33. The van der Waals surface area contributed by atoms with Crippen molar-refractivity contribution in [2.75, 3.05) is 0 Å². The summed E-state index contributed by atoms with van der Waals surface area (Å²) in [7, 11) is 0. The molecule has 3 nitrogen and oxygen atoms in total. The minimum absolute atomic E-state index is 0. The first-order valence-electron chi connectivity index (χ1n) is 11.5. The molecule has 0 N–H and O–H groups in total. The predicted molar refractivity (Wildman–Crippen MR) is 132 cm³/mol. The number of hydrogen-bond donors (Lipinski definition) is 0. The predicted octanol–water partition coefficient (Wildman–Crippen LogP) is 6.16. The summed E-state index contributed by atoms with van der Waals surface area (Å²) in [6, 6.07) is 31.4. The van der Waals surface area contributed by atoms with E-state index in [2.05, 4.69) is 57.4 Å². The van der Waals surface area contributed by atoms with E-state index in [1.165, 1.54) is 25.5 Å². The van der Waals surface area contributed by atoms with Gasteiger partial charge in [0.05, 0.1) is 0 Å². The van der Waals surface area contributed by atoms with Gasteiger partial charge in [0, 0.05) is 30.4 Å². The molecule has 0 spiro atoms. The Morgan fingerprint density at radius 3 is 2.36 bits per heavy atom. The molecule has 163 valence electrons. The fraction of sp³-hybridized carbons (Fsp3) is 0.0357. The van der Waals surface area contributed by atoms with E-state index >= 15 is 0 Å². The SMILES string of the molecule is [2H]C([2H])([2H])c1ccc(-c2[c-]cccc2)nc1.[Ir].[c-]1cccnc1-c1cc2c(cn1)[se]c1ccccc12. The Balaban J connectivity index is 0.000000167. The standard InChI is InChI=1S/C16H9N2Se.C12H10N.Ir/c1-2-7-15-11(5-1)12-9-14(18-10-16(12)19-15)13-6-3-4-8-17-13;1-10-7-8-12(13-9-10)11-5-3-2-4-6-11;/h1-5,7-10H;2-5,7-9H,1H3;/q2*-1;/i;1D3;. The van der Waals surface area contributed by atoms with Crippen molar-refractivity contribution in [2.24, 2.45) is 0 Å². The van der Waals surface area contributed by atoms with Crippen molar-refractivity contribution in [2.45, 2.75) is 6.85 Å². The van der Waals surface area contributed by atoms with Crippen LogP contribution in [-0.2, 0) is 20.1 Å². The minimum atomic E-state index is -2.09. The molecule has 0 aliphatic rings. The molecule has 0 fully saturated rings.